The van der Waals surface area contributed by atoms with Gasteiger partial charge in [0.15, 0.2) is 5.13 Å². The lowest BCUT2D eigenvalue weighted by Crippen LogP contribution is -2.35. The monoisotopic (exact) mass is 481 g/mol. The maximum atomic E-state index is 13.7. The Labute approximate surface area is 199 Å². The highest BCUT2D eigenvalue weighted by Crippen LogP contribution is 2.40. The maximum Gasteiger partial charge on any atom is 0.278 e. The predicted octanol–water partition coefficient (Wildman–Crippen LogP) is 4.42. The zero-order valence-corrected chi connectivity index (χ0v) is 21.3. The van der Waals surface area contributed by atoms with Crippen molar-refractivity contribution in [2.75, 3.05) is 46.3 Å². The van der Waals surface area contributed by atoms with Crippen molar-refractivity contribution in [2.24, 2.45) is 0 Å². The number of carbonyl (C=O) groups is 1. The standard InChI is InChI=1S/C22H31N5O3S.ClH/c1-14(2)27-16(13-15(3)24-27)21(28)26(12-8-11-25(4)5)22-23-19-17(29-6)9-10-18(30-7)20(19)31-22;/h9-10,13-14H,8,11-12H2,1-7H3;1H. The van der Waals surface area contributed by atoms with E-state index >= 15 is 0 Å². The lowest BCUT2D eigenvalue weighted by Gasteiger charge is -2.22. The van der Waals surface area contributed by atoms with Gasteiger partial charge in [-0.15, -0.1) is 12.4 Å². The minimum atomic E-state index is -0.106. The van der Waals surface area contributed by atoms with E-state index in [1.807, 2.05) is 53.1 Å². The third kappa shape index (κ3) is 5.33. The first-order chi connectivity index (χ1) is 14.8. The van der Waals surface area contributed by atoms with Crippen molar-refractivity contribution in [3.63, 3.8) is 0 Å². The Bertz CT molecular complexity index is 1020. The minimum Gasteiger partial charge on any atom is -0.495 e. The third-order valence-corrected chi connectivity index (χ3v) is 6.02. The molecule has 0 atom stereocenters. The van der Waals surface area contributed by atoms with Crippen LogP contribution < -0.4 is 14.4 Å². The fraction of sp³-hybridized carbons (Fsp3) is 0.500. The molecule has 0 saturated carbocycles. The number of fused-ring (bicyclic) bond motifs is 1. The van der Waals surface area contributed by atoms with E-state index in [1.165, 1.54) is 11.3 Å². The number of rotatable bonds is 9. The Hall–Kier alpha value is -2.36. The normalized spacial score (nSPS) is 11.2. The number of halogens is 1. The molecule has 3 rings (SSSR count). The van der Waals surface area contributed by atoms with Crippen molar-refractivity contribution in [1.29, 1.82) is 0 Å². The fourth-order valence-electron chi connectivity index (χ4n) is 3.43. The van der Waals surface area contributed by atoms with Crippen LogP contribution in [0.4, 0.5) is 5.13 Å². The topological polar surface area (TPSA) is 72.7 Å². The Morgan fingerprint density at radius 2 is 1.81 bits per heavy atom. The zero-order chi connectivity index (χ0) is 22.7. The molecule has 0 saturated heterocycles. The van der Waals surface area contributed by atoms with Gasteiger partial charge in [-0.3, -0.25) is 14.4 Å². The number of hydrogen-bond donors (Lipinski definition) is 0. The van der Waals surface area contributed by atoms with Gasteiger partial charge in [0.1, 0.15) is 27.4 Å². The SMILES string of the molecule is COc1ccc(OC)c2sc(N(CCCN(C)C)C(=O)c3cc(C)nn3C(C)C)nc12.Cl. The minimum absolute atomic E-state index is 0. The van der Waals surface area contributed by atoms with Crippen LogP contribution in [0.15, 0.2) is 18.2 Å². The molecule has 0 fully saturated rings. The van der Waals surface area contributed by atoms with Gasteiger partial charge in [0, 0.05) is 12.6 Å². The average molecular weight is 482 g/mol. The molecular weight excluding hydrogens is 450 g/mol. The summed E-state index contributed by atoms with van der Waals surface area (Å²) in [5.74, 6) is 1.26. The summed E-state index contributed by atoms with van der Waals surface area (Å²) in [7, 11) is 7.29. The molecule has 0 unspecified atom stereocenters. The summed E-state index contributed by atoms with van der Waals surface area (Å²) >= 11 is 1.43. The van der Waals surface area contributed by atoms with Crippen LogP contribution in [0.25, 0.3) is 10.2 Å². The van der Waals surface area contributed by atoms with Gasteiger partial charge >= 0.3 is 0 Å². The smallest absolute Gasteiger partial charge is 0.278 e. The molecule has 2 heterocycles. The summed E-state index contributed by atoms with van der Waals surface area (Å²) in [5.41, 5.74) is 2.08. The fourth-order valence-corrected chi connectivity index (χ4v) is 4.53. The lowest BCUT2D eigenvalue weighted by molar-refractivity contribution is 0.0974. The van der Waals surface area contributed by atoms with Crippen molar-refractivity contribution in [3.05, 3.63) is 29.6 Å². The van der Waals surface area contributed by atoms with Gasteiger partial charge in [-0.2, -0.15) is 5.10 Å². The van der Waals surface area contributed by atoms with E-state index in [4.69, 9.17) is 14.5 Å². The van der Waals surface area contributed by atoms with Gasteiger partial charge in [-0.05, 0) is 66.0 Å². The number of aryl methyl sites for hydroxylation is 1. The molecular formula is C22H32ClN5O3S. The first-order valence-corrected chi connectivity index (χ1v) is 11.1. The number of carbonyl (C=O) groups excluding carboxylic acids is 1. The van der Waals surface area contributed by atoms with Crippen molar-refractivity contribution < 1.29 is 14.3 Å². The van der Waals surface area contributed by atoms with Crippen LogP contribution in [0.3, 0.4) is 0 Å². The quantitative estimate of drug-likeness (QED) is 0.450. The van der Waals surface area contributed by atoms with E-state index < -0.39 is 0 Å². The molecule has 10 heteroatoms. The molecule has 2 aromatic heterocycles. The molecule has 0 N–H and O–H groups in total. The molecule has 0 aliphatic carbocycles. The summed E-state index contributed by atoms with van der Waals surface area (Å²) in [6, 6.07) is 5.61. The summed E-state index contributed by atoms with van der Waals surface area (Å²) in [5, 5.41) is 5.14. The van der Waals surface area contributed by atoms with Crippen molar-refractivity contribution in [2.45, 2.75) is 33.2 Å². The summed E-state index contributed by atoms with van der Waals surface area (Å²) < 4.78 is 13.7. The molecule has 0 bridgehead atoms. The largest absolute Gasteiger partial charge is 0.495 e. The van der Waals surface area contributed by atoms with Gasteiger partial charge in [0.2, 0.25) is 0 Å². The number of methoxy groups -OCH3 is 2. The van der Waals surface area contributed by atoms with E-state index in [-0.39, 0.29) is 24.4 Å². The van der Waals surface area contributed by atoms with Crippen molar-refractivity contribution in [3.8, 4) is 11.5 Å². The molecule has 0 aliphatic rings. The predicted molar refractivity (Wildman–Crippen MR) is 132 cm³/mol. The molecule has 0 spiro atoms. The molecule has 1 aromatic carbocycles. The second-order valence-electron chi connectivity index (χ2n) is 7.97. The molecule has 32 heavy (non-hydrogen) atoms. The van der Waals surface area contributed by atoms with Crippen LogP contribution >= 0.6 is 23.7 Å². The Morgan fingerprint density at radius 1 is 1.16 bits per heavy atom. The zero-order valence-electron chi connectivity index (χ0n) is 19.7. The van der Waals surface area contributed by atoms with Gasteiger partial charge < -0.3 is 14.4 Å². The van der Waals surface area contributed by atoms with Crippen LogP contribution in [-0.2, 0) is 0 Å². The Kier molecular flexibility index (Phi) is 8.89. The second-order valence-corrected chi connectivity index (χ2v) is 8.94. The number of anilines is 1. The number of benzene rings is 1. The molecule has 3 aromatic rings. The Balaban J connectivity index is 0.00000363. The van der Waals surface area contributed by atoms with E-state index in [2.05, 4.69) is 10.00 Å². The van der Waals surface area contributed by atoms with E-state index in [0.29, 0.717) is 34.4 Å². The van der Waals surface area contributed by atoms with E-state index in [1.54, 1.807) is 23.8 Å². The second kappa shape index (κ2) is 11.0. The highest BCUT2D eigenvalue weighted by atomic mass is 35.5. The number of amides is 1. The van der Waals surface area contributed by atoms with Crippen molar-refractivity contribution >= 4 is 45.0 Å². The highest BCUT2D eigenvalue weighted by molar-refractivity contribution is 7.22. The van der Waals surface area contributed by atoms with Crippen LogP contribution in [0.2, 0.25) is 0 Å². The molecule has 8 nitrogen and oxygen atoms in total. The number of ether oxygens (including phenoxy) is 2. The number of aromatic nitrogens is 3. The highest BCUT2D eigenvalue weighted by Gasteiger charge is 2.27. The van der Waals surface area contributed by atoms with Crippen LogP contribution in [0, 0.1) is 6.92 Å². The molecule has 1 amide bonds. The number of hydrogen-bond acceptors (Lipinski definition) is 7. The van der Waals surface area contributed by atoms with Crippen LogP contribution in [0.1, 0.15) is 42.5 Å². The van der Waals surface area contributed by atoms with E-state index in [9.17, 15) is 4.79 Å². The lowest BCUT2D eigenvalue weighted by atomic mass is 10.2. The molecule has 176 valence electrons. The number of nitrogens with zero attached hydrogens (tertiary/aromatic N) is 5. The van der Waals surface area contributed by atoms with Crippen LogP contribution in [-0.4, -0.2) is 67.0 Å². The summed E-state index contributed by atoms with van der Waals surface area (Å²) in [6.07, 6.45) is 0.817. The summed E-state index contributed by atoms with van der Waals surface area (Å²) in [4.78, 5) is 22.4. The van der Waals surface area contributed by atoms with Gasteiger partial charge in [-0.25, -0.2) is 4.98 Å². The van der Waals surface area contributed by atoms with Gasteiger partial charge in [-0.1, -0.05) is 11.3 Å². The van der Waals surface area contributed by atoms with Crippen LogP contribution in [0.5, 0.6) is 11.5 Å². The number of thiazole rings is 1. The molecule has 0 radical (unpaired) electrons. The first-order valence-electron chi connectivity index (χ1n) is 10.3. The maximum absolute atomic E-state index is 13.7. The van der Waals surface area contributed by atoms with Crippen molar-refractivity contribution in [1.82, 2.24) is 19.7 Å². The average Bonchev–Trinajstić information content (AvgIpc) is 3.34. The van der Waals surface area contributed by atoms with E-state index in [0.717, 1.165) is 23.4 Å². The van der Waals surface area contributed by atoms with Gasteiger partial charge in [0.05, 0.1) is 19.9 Å². The third-order valence-electron chi connectivity index (χ3n) is 4.93. The van der Waals surface area contributed by atoms with Gasteiger partial charge in [0.25, 0.3) is 5.91 Å². The molecule has 0 aliphatic heterocycles. The summed E-state index contributed by atoms with van der Waals surface area (Å²) in [6.45, 7) is 7.35. The first kappa shape index (κ1) is 25.9. The Morgan fingerprint density at radius 3 is 2.41 bits per heavy atom.